The van der Waals surface area contributed by atoms with Crippen molar-refractivity contribution in [3.05, 3.63) is 66.4 Å². The summed E-state index contributed by atoms with van der Waals surface area (Å²) in [5.41, 5.74) is 1.63. The van der Waals surface area contributed by atoms with Crippen molar-refractivity contribution >= 4 is 17.2 Å². The minimum absolute atomic E-state index is 0.0209. The van der Waals surface area contributed by atoms with Gasteiger partial charge in [-0.05, 0) is 37.1 Å². The number of hydrogen-bond donors (Lipinski definition) is 1. The monoisotopic (exact) mass is 462 g/mol. The normalized spacial score (nSPS) is 11.1. The van der Waals surface area contributed by atoms with Gasteiger partial charge in [0.2, 0.25) is 5.52 Å². The lowest BCUT2D eigenvalue weighted by Gasteiger charge is -2.07. The molecule has 0 fully saturated rings. The Kier molecular flexibility index (Phi) is 11.4. The lowest BCUT2D eigenvalue weighted by atomic mass is 10.1. The van der Waals surface area contributed by atoms with Crippen LogP contribution in [0.2, 0.25) is 0 Å². The number of unbranched alkanes of at least 4 members (excludes halogenated alkanes) is 11. The zero-order valence-electron chi connectivity index (χ0n) is 20.5. The van der Waals surface area contributed by atoms with E-state index in [1.807, 2.05) is 0 Å². The number of carbonyl (C=O) groups excluding carboxylic acids is 1. The molecule has 0 aliphatic carbocycles. The van der Waals surface area contributed by atoms with Gasteiger partial charge in [-0.25, -0.2) is 0 Å². The van der Waals surface area contributed by atoms with Crippen LogP contribution in [0.5, 0.6) is 11.5 Å². The van der Waals surface area contributed by atoms with Gasteiger partial charge in [0.05, 0.1) is 12.2 Å². The number of aldehydes is 1. The molecule has 1 heterocycles. The Hall–Kier alpha value is -2.88. The Bertz CT molecular complexity index is 996. The number of carbonyl (C=O) groups is 1. The number of benzene rings is 2. The highest BCUT2D eigenvalue weighted by atomic mass is 16.5. The van der Waals surface area contributed by atoms with Gasteiger partial charge < -0.3 is 9.84 Å². The minimum Gasteiger partial charge on any atom is -0.507 e. The molecule has 0 saturated carbocycles. The fraction of sp³-hybridized carbons (Fsp3) is 0.467. The highest BCUT2D eigenvalue weighted by molar-refractivity contribution is 5.79. The first-order valence-corrected chi connectivity index (χ1v) is 13.1. The van der Waals surface area contributed by atoms with E-state index in [9.17, 15) is 9.90 Å². The maximum absolute atomic E-state index is 10.7. The molecule has 0 unspecified atom stereocenters. The van der Waals surface area contributed by atoms with Crippen molar-refractivity contribution in [1.29, 1.82) is 0 Å². The molecular formula is C30H40NO3+. The summed E-state index contributed by atoms with van der Waals surface area (Å²) in [4.78, 5) is 10.7. The summed E-state index contributed by atoms with van der Waals surface area (Å²) in [7, 11) is 0. The molecule has 1 aromatic heterocycles. The van der Waals surface area contributed by atoms with Crippen LogP contribution in [0.3, 0.4) is 0 Å². The molecule has 0 saturated heterocycles. The van der Waals surface area contributed by atoms with E-state index in [0.717, 1.165) is 13.0 Å². The number of para-hydroxylation sites is 1. The highest BCUT2D eigenvalue weighted by Crippen LogP contribution is 2.22. The molecule has 4 heteroatoms. The molecule has 0 aliphatic rings. The van der Waals surface area contributed by atoms with Gasteiger partial charge in [-0.2, -0.15) is 4.57 Å². The van der Waals surface area contributed by atoms with Crippen molar-refractivity contribution in [3.63, 3.8) is 0 Å². The Balaban J connectivity index is 1.10. The van der Waals surface area contributed by atoms with Crippen LogP contribution in [0.4, 0.5) is 0 Å². The van der Waals surface area contributed by atoms with Gasteiger partial charge in [0.1, 0.15) is 18.0 Å². The third-order valence-corrected chi connectivity index (χ3v) is 6.48. The van der Waals surface area contributed by atoms with Crippen LogP contribution in [-0.4, -0.2) is 18.0 Å². The summed E-state index contributed by atoms with van der Waals surface area (Å²) >= 11 is 0. The maximum atomic E-state index is 10.7. The number of phenols is 1. The standard InChI is InChI=1S/C30H39NO3/c32-25-27-19-20-28(24-30(27)33)34-23-14-10-8-6-4-2-1-3-5-7-9-13-21-31-22-15-17-26-16-11-12-18-29(26)31/h11-12,15-20,22,24-25H,1-10,13-14,21,23H2/p+1. The fourth-order valence-electron chi connectivity index (χ4n) is 4.47. The number of pyridine rings is 1. The van der Waals surface area contributed by atoms with Gasteiger partial charge in [0.15, 0.2) is 12.5 Å². The van der Waals surface area contributed by atoms with Gasteiger partial charge in [-0.15, -0.1) is 0 Å². The number of fused-ring (bicyclic) bond motifs is 1. The Labute approximate surface area is 204 Å². The minimum atomic E-state index is -0.0209. The number of phenolic OH excluding ortho intramolecular Hbond substituents is 1. The summed E-state index contributed by atoms with van der Waals surface area (Å²) in [5, 5.41) is 11.0. The average Bonchev–Trinajstić information content (AvgIpc) is 2.86. The molecule has 1 N–H and O–H groups in total. The number of aryl methyl sites for hydroxylation is 1. The van der Waals surface area contributed by atoms with E-state index < -0.39 is 0 Å². The second-order valence-corrected chi connectivity index (χ2v) is 9.19. The van der Waals surface area contributed by atoms with Crippen LogP contribution in [-0.2, 0) is 6.54 Å². The molecular weight excluding hydrogens is 422 g/mol. The Morgan fingerprint density at radius 3 is 2.03 bits per heavy atom. The molecule has 3 aromatic rings. The molecule has 2 aromatic carbocycles. The predicted octanol–water partition coefficient (Wildman–Crippen LogP) is 7.41. The van der Waals surface area contributed by atoms with Crippen molar-refractivity contribution in [2.45, 2.75) is 83.6 Å². The average molecular weight is 463 g/mol. The van der Waals surface area contributed by atoms with E-state index in [0.29, 0.717) is 24.2 Å². The zero-order valence-corrected chi connectivity index (χ0v) is 20.5. The quantitative estimate of drug-likeness (QED) is 0.129. The predicted molar refractivity (Wildman–Crippen MR) is 139 cm³/mol. The summed E-state index contributed by atoms with van der Waals surface area (Å²) in [6.07, 6.45) is 18.3. The number of hydrogen-bond acceptors (Lipinski definition) is 3. The van der Waals surface area contributed by atoms with E-state index >= 15 is 0 Å². The molecule has 0 spiro atoms. The first-order valence-electron chi connectivity index (χ1n) is 13.1. The third-order valence-electron chi connectivity index (χ3n) is 6.48. The van der Waals surface area contributed by atoms with Gasteiger partial charge in [-0.1, -0.05) is 69.9 Å². The Morgan fingerprint density at radius 1 is 0.735 bits per heavy atom. The summed E-state index contributed by atoms with van der Waals surface area (Å²) < 4.78 is 8.04. The van der Waals surface area contributed by atoms with Crippen LogP contribution in [0.15, 0.2) is 60.8 Å². The van der Waals surface area contributed by atoms with Gasteiger partial charge >= 0.3 is 0 Å². The smallest absolute Gasteiger partial charge is 0.212 e. The van der Waals surface area contributed by atoms with E-state index in [-0.39, 0.29) is 5.75 Å². The maximum Gasteiger partial charge on any atom is 0.212 e. The van der Waals surface area contributed by atoms with E-state index in [1.165, 1.54) is 87.6 Å². The number of rotatable bonds is 17. The lowest BCUT2D eigenvalue weighted by Crippen LogP contribution is -2.33. The first kappa shape index (κ1) is 25.7. The molecule has 3 rings (SSSR count). The molecule has 0 aliphatic heterocycles. The summed E-state index contributed by atoms with van der Waals surface area (Å²) in [6, 6.07) is 17.8. The molecule has 182 valence electrons. The van der Waals surface area contributed by atoms with Crippen molar-refractivity contribution in [2.24, 2.45) is 0 Å². The molecule has 0 bridgehead atoms. The van der Waals surface area contributed by atoms with Crippen molar-refractivity contribution in [3.8, 4) is 11.5 Å². The number of ether oxygens (including phenoxy) is 1. The zero-order chi connectivity index (χ0) is 23.8. The van der Waals surface area contributed by atoms with Crippen molar-refractivity contribution < 1.29 is 19.2 Å². The summed E-state index contributed by atoms with van der Waals surface area (Å²) in [5.74, 6) is 0.600. The van der Waals surface area contributed by atoms with Crippen molar-refractivity contribution in [1.82, 2.24) is 0 Å². The number of aromatic nitrogens is 1. The lowest BCUT2D eigenvalue weighted by molar-refractivity contribution is -0.671. The van der Waals surface area contributed by atoms with Crippen LogP contribution >= 0.6 is 0 Å². The van der Waals surface area contributed by atoms with Crippen LogP contribution in [0, 0.1) is 0 Å². The van der Waals surface area contributed by atoms with E-state index in [4.69, 9.17) is 4.74 Å². The third kappa shape index (κ3) is 8.81. The van der Waals surface area contributed by atoms with Gasteiger partial charge in [-0.3, -0.25) is 4.79 Å². The first-order chi connectivity index (χ1) is 16.8. The molecule has 0 atom stereocenters. The second-order valence-electron chi connectivity index (χ2n) is 9.19. The fourth-order valence-corrected chi connectivity index (χ4v) is 4.47. The van der Waals surface area contributed by atoms with E-state index in [1.54, 1.807) is 12.1 Å². The molecule has 4 nitrogen and oxygen atoms in total. The topological polar surface area (TPSA) is 50.4 Å². The van der Waals surface area contributed by atoms with Crippen LogP contribution in [0.1, 0.15) is 87.4 Å². The van der Waals surface area contributed by atoms with Crippen LogP contribution < -0.4 is 9.30 Å². The van der Waals surface area contributed by atoms with Gasteiger partial charge in [0.25, 0.3) is 0 Å². The summed E-state index contributed by atoms with van der Waals surface area (Å²) in [6.45, 7) is 1.76. The largest absolute Gasteiger partial charge is 0.507 e. The number of nitrogens with zero attached hydrogens (tertiary/aromatic N) is 1. The SMILES string of the molecule is O=Cc1ccc(OCCCCCCCCCCCCCC[n+]2cccc3ccccc32)cc1O. The number of aromatic hydroxyl groups is 1. The molecule has 0 amide bonds. The van der Waals surface area contributed by atoms with Crippen molar-refractivity contribution in [2.75, 3.05) is 6.61 Å². The second kappa shape index (κ2) is 15.1. The van der Waals surface area contributed by atoms with E-state index in [2.05, 4.69) is 47.2 Å². The highest BCUT2D eigenvalue weighted by Gasteiger charge is 2.06. The molecule has 0 radical (unpaired) electrons. The Morgan fingerprint density at radius 2 is 1.35 bits per heavy atom. The van der Waals surface area contributed by atoms with Crippen LogP contribution in [0.25, 0.3) is 10.9 Å². The molecule has 34 heavy (non-hydrogen) atoms. The van der Waals surface area contributed by atoms with Gasteiger partial charge in [0, 0.05) is 30.0 Å².